The zero-order valence-electron chi connectivity index (χ0n) is 15.3. The van der Waals surface area contributed by atoms with Gasteiger partial charge >= 0.3 is 5.97 Å². The third kappa shape index (κ3) is 4.65. The fourth-order valence-corrected chi connectivity index (χ4v) is 3.16. The van der Waals surface area contributed by atoms with Crippen molar-refractivity contribution in [1.29, 1.82) is 0 Å². The second kappa shape index (κ2) is 8.74. The normalized spacial score (nSPS) is 21.1. The molecule has 6 heteroatoms. The minimum absolute atomic E-state index is 0.142. The fourth-order valence-electron chi connectivity index (χ4n) is 3.16. The van der Waals surface area contributed by atoms with Crippen LogP contribution in [0.3, 0.4) is 0 Å². The van der Waals surface area contributed by atoms with Crippen LogP contribution in [0, 0.1) is 5.92 Å². The molecule has 1 amide bonds. The van der Waals surface area contributed by atoms with Gasteiger partial charge in [0.1, 0.15) is 17.1 Å². The molecule has 0 spiro atoms. The summed E-state index contributed by atoms with van der Waals surface area (Å²) in [5.41, 5.74) is 0.179. The number of benzene rings is 1. The highest BCUT2D eigenvalue weighted by atomic mass is 16.6. The molecule has 0 aromatic heterocycles. The highest BCUT2D eigenvalue weighted by molar-refractivity contribution is 5.97. The molecule has 0 saturated heterocycles. The van der Waals surface area contributed by atoms with Crippen LogP contribution >= 0.6 is 0 Å². The van der Waals surface area contributed by atoms with Crippen molar-refractivity contribution in [2.45, 2.75) is 51.7 Å². The van der Waals surface area contributed by atoms with E-state index in [4.69, 9.17) is 14.2 Å². The van der Waals surface area contributed by atoms with Gasteiger partial charge in [0, 0.05) is 6.04 Å². The zero-order valence-corrected chi connectivity index (χ0v) is 15.3. The Morgan fingerprint density at radius 1 is 1.12 bits per heavy atom. The number of amides is 1. The number of carbonyl (C=O) groups excluding carboxylic acids is 2. The van der Waals surface area contributed by atoms with E-state index in [1.165, 1.54) is 20.6 Å². The lowest BCUT2D eigenvalue weighted by atomic mass is 9.86. The van der Waals surface area contributed by atoms with Crippen LogP contribution in [0.5, 0.6) is 11.5 Å². The van der Waals surface area contributed by atoms with Crippen molar-refractivity contribution in [3.63, 3.8) is 0 Å². The molecule has 1 aromatic carbocycles. The lowest BCUT2D eigenvalue weighted by molar-refractivity contribution is -0.130. The van der Waals surface area contributed by atoms with E-state index in [9.17, 15) is 9.59 Å². The van der Waals surface area contributed by atoms with E-state index in [1.807, 2.05) is 0 Å². The Kier molecular flexibility index (Phi) is 6.67. The minimum atomic E-state index is -0.892. The van der Waals surface area contributed by atoms with Gasteiger partial charge in [-0.3, -0.25) is 4.79 Å². The first-order valence-corrected chi connectivity index (χ1v) is 8.70. The lowest BCUT2D eigenvalue weighted by Gasteiger charge is -2.30. The maximum absolute atomic E-state index is 12.5. The molecule has 6 nitrogen and oxygen atoms in total. The van der Waals surface area contributed by atoms with Crippen molar-refractivity contribution in [2.75, 3.05) is 14.2 Å². The summed E-state index contributed by atoms with van der Waals surface area (Å²) in [7, 11) is 2.93. The number of rotatable bonds is 6. The summed E-state index contributed by atoms with van der Waals surface area (Å²) in [6.07, 6.45) is 3.50. The first-order valence-electron chi connectivity index (χ1n) is 8.70. The van der Waals surface area contributed by atoms with Gasteiger partial charge in [-0.05, 0) is 37.8 Å². The summed E-state index contributed by atoms with van der Waals surface area (Å²) in [5.74, 6) is 0.209. The molecule has 0 bridgehead atoms. The van der Waals surface area contributed by atoms with Crippen molar-refractivity contribution in [2.24, 2.45) is 5.92 Å². The predicted molar refractivity (Wildman–Crippen MR) is 94.0 cm³/mol. The maximum Gasteiger partial charge on any atom is 0.346 e. The van der Waals surface area contributed by atoms with Gasteiger partial charge in [-0.25, -0.2) is 4.79 Å². The van der Waals surface area contributed by atoms with Gasteiger partial charge in [-0.2, -0.15) is 0 Å². The fraction of sp³-hybridized carbons (Fsp3) is 0.579. The average Bonchev–Trinajstić information content (AvgIpc) is 2.62. The molecule has 3 atom stereocenters. The van der Waals surface area contributed by atoms with Crippen LogP contribution in [0.1, 0.15) is 49.9 Å². The van der Waals surface area contributed by atoms with Crippen LogP contribution in [-0.2, 0) is 9.53 Å². The van der Waals surface area contributed by atoms with Crippen molar-refractivity contribution in [1.82, 2.24) is 5.32 Å². The van der Waals surface area contributed by atoms with Gasteiger partial charge in [0.25, 0.3) is 5.91 Å². The van der Waals surface area contributed by atoms with Gasteiger partial charge in [0.15, 0.2) is 6.10 Å². The molecule has 0 heterocycles. The van der Waals surface area contributed by atoms with E-state index < -0.39 is 12.1 Å². The number of methoxy groups -OCH3 is 2. The highest BCUT2D eigenvalue weighted by Gasteiger charge is 2.28. The quantitative estimate of drug-likeness (QED) is 0.799. The second-order valence-electron chi connectivity index (χ2n) is 6.46. The van der Waals surface area contributed by atoms with Crippen LogP contribution in [0.2, 0.25) is 0 Å². The number of carbonyl (C=O) groups is 2. The summed E-state index contributed by atoms with van der Waals surface area (Å²) in [6.45, 7) is 3.71. The smallest absolute Gasteiger partial charge is 0.346 e. The van der Waals surface area contributed by atoms with E-state index in [1.54, 1.807) is 25.1 Å². The number of nitrogens with one attached hydrogen (secondary N) is 1. The number of ether oxygens (including phenoxy) is 3. The SMILES string of the molecule is COc1cccc(OC)c1C(=O)OC(C)C(=O)NC1CCCCC1C. The van der Waals surface area contributed by atoms with Crippen molar-refractivity contribution < 1.29 is 23.8 Å². The highest BCUT2D eigenvalue weighted by Crippen LogP contribution is 2.29. The summed E-state index contributed by atoms with van der Waals surface area (Å²) in [5, 5.41) is 3.00. The molecule has 1 N–H and O–H groups in total. The van der Waals surface area contributed by atoms with Crippen LogP contribution in [0.4, 0.5) is 0 Å². The van der Waals surface area contributed by atoms with Crippen molar-refractivity contribution >= 4 is 11.9 Å². The zero-order chi connectivity index (χ0) is 18.4. The van der Waals surface area contributed by atoms with Gasteiger partial charge < -0.3 is 19.5 Å². The molecule has 0 aliphatic heterocycles. The number of hydrogen-bond donors (Lipinski definition) is 1. The summed E-state index contributed by atoms with van der Waals surface area (Å²) in [6, 6.07) is 5.15. The molecule has 1 fully saturated rings. The number of hydrogen-bond acceptors (Lipinski definition) is 5. The molecule has 138 valence electrons. The third-order valence-electron chi connectivity index (χ3n) is 4.72. The van der Waals surface area contributed by atoms with Gasteiger partial charge in [-0.1, -0.05) is 25.8 Å². The molecule has 3 unspecified atom stereocenters. The summed E-state index contributed by atoms with van der Waals surface area (Å²) < 4.78 is 15.8. The Morgan fingerprint density at radius 3 is 2.28 bits per heavy atom. The summed E-state index contributed by atoms with van der Waals surface area (Å²) >= 11 is 0. The van der Waals surface area contributed by atoms with Crippen molar-refractivity contribution in [3.8, 4) is 11.5 Å². The molecule has 25 heavy (non-hydrogen) atoms. The second-order valence-corrected chi connectivity index (χ2v) is 6.46. The van der Waals surface area contributed by atoms with Crippen LogP contribution in [-0.4, -0.2) is 38.2 Å². The Balaban J connectivity index is 2.03. The average molecular weight is 349 g/mol. The van der Waals surface area contributed by atoms with Crippen LogP contribution < -0.4 is 14.8 Å². The van der Waals surface area contributed by atoms with Crippen molar-refractivity contribution in [3.05, 3.63) is 23.8 Å². The molecule has 2 rings (SSSR count). The van der Waals surface area contributed by atoms with Gasteiger partial charge in [0.05, 0.1) is 14.2 Å². The van der Waals surface area contributed by atoms with Gasteiger partial charge in [-0.15, -0.1) is 0 Å². The van der Waals surface area contributed by atoms with E-state index >= 15 is 0 Å². The molecule has 1 aromatic rings. The van der Waals surface area contributed by atoms with E-state index in [-0.39, 0.29) is 17.5 Å². The van der Waals surface area contributed by atoms with Gasteiger partial charge in [0.2, 0.25) is 0 Å². The molecular formula is C19H27NO5. The van der Waals surface area contributed by atoms with E-state index in [0.717, 1.165) is 19.3 Å². The van der Waals surface area contributed by atoms with Crippen LogP contribution in [0.15, 0.2) is 18.2 Å². The molecule has 1 aliphatic carbocycles. The Bertz CT molecular complexity index is 594. The monoisotopic (exact) mass is 349 g/mol. The Morgan fingerprint density at radius 2 is 1.72 bits per heavy atom. The molecule has 0 radical (unpaired) electrons. The topological polar surface area (TPSA) is 73.9 Å². The first-order chi connectivity index (χ1) is 12.0. The maximum atomic E-state index is 12.5. The minimum Gasteiger partial charge on any atom is -0.496 e. The first kappa shape index (κ1) is 19.1. The molecule has 1 saturated carbocycles. The molecule has 1 aliphatic rings. The lowest BCUT2D eigenvalue weighted by Crippen LogP contribution is -2.46. The van der Waals surface area contributed by atoms with Crippen LogP contribution in [0.25, 0.3) is 0 Å². The molecular weight excluding hydrogens is 322 g/mol. The third-order valence-corrected chi connectivity index (χ3v) is 4.72. The number of esters is 1. The Hall–Kier alpha value is -2.24. The Labute approximate surface area is 148 Å². The predicted octanol–water partition coefficient (Wildman–Crippen LogP) is 2.94. The summed E-state index contributed by atoms with van der Waals surface area (Å²) in [4.78, 5) is 24.9. The standard InChI is InChI=1S/C19H27NO5/c1-12-8-5-6-9-14(12)20-18(21)13(2)25-19(22)17-15(23-3)10-7-11-16(17)24-4/h7,10-14H,5-6,8-9H2,1-4H3,(H,20,21). The largest absolute Gasteiger partial charge is 0.496 e. The van der Waals surface area contributed by atoms with E-state index in [2.05, 4.69) is 12.2 Å². The van der Waals surface area contributed by atoms with E-state index in [0.29, 0.717) is 17.4 Å².